The van der Waals surface area contributed by atoms with Crippen molar-refractivity contribution in [1.82, 2.24) is 5.32 Å². The summed E-state index contributed by atoms with van der Waals surface area (Å²) in [6.45, 7) is 7.69. The minimum Gasteiger partial charge on any atom is -0.560 e. The normalized spacial score (nSPS) is 13.0. The summed E-state index contributed by atoms with van der Waals surface area (Å²) in [5.41, 5.74) is 0.897. The number of aliphatic imine (C=N–C) groups is 1. The molecule has 0 spiro atoms. The zero-order valence-electron chi connectivity index (χ0n) is 16.3. The monoisotopic (exact) mass is 374 g/mol. The fraction of sp³-hybridized carbons (Fsp3) is 0.421. The van der Waals surface area contributed by atoms with E-state index < -0.39 is 18.1 Å². The van der Waals surface area contributed by atoms with Crippen molar-refractivity contribution in [2.24, 2.45) is 10.9 Å². The minimum atomic E-state index is -0.740. The summed E-state index contributed by atoms with van der Waals surface area (Å²) in [7, 11) is 2.75. The molecule has 8 heteroatoms. The number of benzene rings is 1. The number of rotatable bonds is 11. The van der Waals surface area contributed by atoms with Gasteiger partial charge in [0.05, 0.1) is 7.11 Å². The second-order valence-corrected chi connectivity index (χ2v) is 6.21. The molecular formula is C19H27BN2O5. The van der Waals surface area contributed by atoms with Crippen LogP contribution in [0, 0.1) is 5.92 Å². The number of esters is 1. The summed E-state index contributed by atoms with van der Waals surface area (Å²) in [4.78, 5) is 28.7. The third-order valence-corrected chi connectivity index (χ3v) is 3.79. The van der Waals surface area contributed by atoms with Crippen LogP contribution in [-0.4, -0.2) is 52.1 Å². The van der Waals surface area contributed by atoms with E-state index in [0.717, 1.165) is 5.56 Å². The van der Waals surface area contributed by atoms with Crippen molar-refractivity contribution in [3.05, 3.63) is 42.5 Å². The molecule has 0 saturated heterocycles. The Labute approximate surface area is 161 Å². The summed E-state index contributed by atoms with van der Waals surface area (Å²) >= 11 is 0. The van der Waals surface area contributed by atoms with Crippen molar-refractivity contribution >= 4 is 26.3 Å². The van der Waals surface area contributed by atoms with E-state index in [1.807, 2.05) is 38.1 Å². The Morgan fingerprint density at radius 1 is 1.30 bits per heavy atom. The molecule has 0 bridgehead atoms. The van der Waals surface area contributed by atoms with Crippen molar-refractivity contribution < 1.29 is 23.7 Å². The number of ether oxygens (including phenoxy) is 2. The Bertz CT molecular complexity index is 646. The van der Waals surface area contributed by atoms with Crippen LogP contribution in [0.4, 0.5) is 0 Å². The molecule has 0 heterocycles. The SMILES string of the molecule is BOC=N[C@@H](Cc1ccc(OCC=C)cc1)C(=O)N[C@H](C(=O)OC)C(C)C. The van der Waals surface area contributed by atoms with Crippen LogP contribution in [-0.2, 0) is 25.4 Å². The maximum absolute atomic E-state index is 12.7. The Morgan fingerprint density at radius 2 is 1.96 bits per heavy atom. The maximum Gasteiger partial charge on any atom is 0.328 e. The molecule has 7 nitrogen and oxygen atoms in total. The quantitative estimate of drug-likeness (QED) is 0.206. The van der Waals surface area contributed by atoms with Gasteiger partial charge in [-0.3, -0.25) is 4.79 Å². The predicted octanol–water partition coefficient (Wildman–Crippen LogP) is 1.07. The van der Waals surface area contributed by atoms with Gasteiger partial charge in [0, 0.05) is 6.42 Å². The first-order valence-electron chi connectivity index (χ1n) is 8.68. The van der Waals surface area contributed by atoms with E-state index in [9.17, 15) is 9.59 Å². The van der Waals surface area contributed by atoms with Crippen LogP contribution >= 0.6 is 0 Å². The minimum absolute atomic E-state index is 0.116. The fourth-order valence-electron chi connectivity index (χ4n) is 2.32. The molecule has 0 radical (unpaired) electrons. The second-order valence-electron chi connectivity index (χ2n) is 6.21. The summed E-state index contributed by atoms with van der Waals surface area (Å²) in [5, 5.41) is 2.72. The highest BCUT2D eigenvalue weighted by Gasteiger charge is 2.28. The zero-order valence-corrected chi connectivity index (χ0v) is 16.3. The third-order valence-electron chi connectivity index (χ3n) is 3.79. The summed E-state index contributed by atoms with van der Waals surface area (Å²) in [5.74, 6) is -0.267. The summed E-state index contributed by atoms with van der Waals surface area (Å²) < 4.78 is 15.1. The second kappa shape index (κ2) is 11.8. The first-order chi connectivity index (χ1) is 12.9. The average Bonchev–Trinajstić information content (AvgIpc) is 2.67. The van der Waals surface area contributed by atoms with Gasteiger partial charge in [-0.25, -0.2) is 9.79 Å². The lowest BCUT2D eigenvalue weighted by atomic mass is 10.0. The molecule has 27 heavy (non-hydrogen) atoms. The lowest BCUT2D eigenvalue weighted by Gasteiger charge is -2.22. The van der Waals surface area contributed by atoms with Gasteiger partial charge >= 0.3 is 14.0 Å². The van der Waals surface area contributed by atoms with Gasteiger partial charge in [-0.2, -0.15) is 0 Å². The van der Waals surface area contributed by atoms with Gasteiger partial charge in [-0.15, -0.1) is 0 Å². The zero-order chi connectivity index (χ0) is 20.2. The molecular weight excluding hydrogens is 347 g/mol. The highest BCUT2D eigenvalue weighted by molar-refractivity contribution is 6.02. The predicted molar refractivity (Wildman–Crippen MR) is 107 cm³/mol. The Morgan fingerprint density at radius 3 is 2.48 bits per heavy atom. The van der Waals surface area contributed by atoms with E-state index in [1.165, 1.54) is 21.6 Å². The Balaban J connectivity index is 2.87. The van der Waals surface area contributed by atoms with Gasteiger partial charge in [-0.1, -0.05) is 38.6 Å². The molecule has 0 aliphatic carbocycles. The van der Waals surface area contributed by atoms with E-state index in [2.05, 4.69) is 16.9 Å². The number of nitrogens with zero attached hydrogens (tertiary/aromatic N) is 1. The Hall–Kier alpha value is -2.77. The van der Waals surface area contributed by atoms with E-state index >= 15 is 0 Å². The number of hydrogen-bond donors (Lipinski definition) is 1. The van der Waals surface area contributed by atoms with Gasteiger partial charge in [0.1, 0.15) is 24.4 Å². The van der Waals surface area contributed by atoms with E-state index in [1.54, 1.807) is 6.08 Å². The fourth-order valence-corrected chi connectivity index (χ4v) is 2.32. The van der Waals surface area contributed by atoms with Gasteiger partial charge < -0.3 is 19.4 Å². The van der Waals surface area contributed by atoms with Crippen LogP contribution in [0.15, 0.2) is 41.9 Å². The molecule has 1 amide bonds. The van der Waals surface area contributed by atoms with Crippen LogP contribution in [0.1, 0.15) is 19.4 Å². The van der Waals surface area contributed by atoms with Crippen molar-refractivity contribution in [2.75, 3.05) is 13.7 Å². The lowest BCUT2D eigenvalue weighted by Crippen LogP contribution is -2.48. The number of carbonyl (C=O) groups is 2. The van der Waals surface area contributed by atoms with Crippen LogP contribution in [0.2, 0.25) is 0 Å². The first kappa shape index (κ1) is 22.3. The molecule has 0 aromatic heterocycles. The van der Waals surface area contributed by atoms with E-state index in [0.29, 0.717) is 18.8 Å². The maximum atomic E-state index is 12.7. The molecule has 1 aromatic carbocycles. The largest absolute Gasteiger partial charge is 0.560 e. The van der Waals surface area contributed by atoms with Crippen LogP contribution in [0.3, 0.4) is 0 Å². The Kier molecular flexibility index (Phi) is 9.71. The first-order valence-corrected chi connectivity index (χ1v) is 8.68. The molecule has 1 N–H and O–H groups in total. The van der Waals surface area contributed by atoms with Gasteiger partial charge in [0.15, 0.2) is 6.40 Å². The molecule has 0 saturated carbocycles. The number of carbonyl (C=O) groups excluding carboxylic acids is 2. The van der Waals surface area contributed by atoms with E-state index in [-0.39, 0.29) is 11.8 Å². The van der Waals surface area contributed by atoms with Gasteiger partial charge in [0.2, 0.25) is 5.91 Å². The topological polar surface area (TPSA) is 86.2 Å². The van der Waals surface area contributed by atoms with Gasteiger partial charge in [0.25, 0.3) is 0 Å². The van der Waals surface area contributed by atoms with Gasteiger partial charge in [-0.05, 0) is 23.6 Å². The third kappa shape index (κ3) is 7.56. The van der Waals surface area contributed by atoms with E-state index in [4.69, 9.17) is 14.1 Å². The number of nitrogens with one attached hydrogen (secondary N) is 1. The highest BCUT2D eigenvalue weighted by Crippen LogP contribution is 2.15. The lowest BCUT2D eigenvalue weighted by molar-refractivity contribution is -0.146. The molecule has 0 aliphatic rings. The van der Waals surface area contributed by atoms with Crippen LogP contribution < -0.4 is 10.1 Å². The average molecular weight is 374 g/mol. The summed E-state index contributed by atoms with van der Waals surface area (Å²) in [6.07, 6.45) is 3.23. The molecule has 1 rings (SSSR count). The molecule has 0 fully saturated rings. The molecule has 146 valence electrons. The van der Waals surface area contributed by atoms with Crippen LogP contribution in [0.25, 0.3) is 0 Å². The van der Waals surface area contributed by atoms with Crippen molar-refractivity contribution in [2.45, 2.75) is 32.4 Å². The van der Waals surface area contributed by atoms with Crippen molar-refractivity contribution in [3.8, 4) is 5.75 Å². The molecule has 0 unspecified atom stereocenters. The standard InChI is InChI=1S/C19H27BN2O5/c1-5-10-26-15-8-6-14(7-9-15)11-16(21-12-27-20)18(23)22-17(13(2)3)19(24)25-4/h5-9,12-13,16-17H,1,10-11,20H2,2-4H3,(H,22,23)/t16-,17-/m0/s1. The number of hydrogen-bond acceptors (Lipinski definition) is 6. The smallest absolute Gasteiger partial charge is 0.328 e. The molecule has 2 atom stereocenters. The number of methoxy groups -OCH3 is 1. The summed E-state index contributed by atoms with van der Waals surface area (Å²) in [6, 6.07) is 5.88. The molecule has 0 aliphatic heterocycles. The van der Waals surface area contributed by atoms with Crippen molar-refractivity contribution in [3.63, 3.8) is 0 Å². The van der Waals surface area contributed by atoms with Crippen molar-refractivity contribution in [1.29, 1.82) is 0 Å². The van der Waals surface area contributed by atoms with Crippen LogP contribution in [0.5, 0.6) is 5.75 Å². The molecule has 1 aromatic rings. The highest BCUT2D eigenvalue weighted by atomic mass is 16.5. The number of amides is 1.